The molecule has 1 N–H and O–H groups in total. The highest BCUT2D eigenvalue weighted by molar-refractivity contribution is 9.10. The molecule has 6 rings (SSSR count). The monoisotopic (exact) mass is 696 g/mol. The molecule has 240 valence electrons. The van der Waals surface area contributed by atoms with Gasteiger partial charge in [0.2, 0.25) is 0 Å². The van der Waals surface area contributed by atoms with Gasteiger partial charge in [0.05, 0.1) is 18.1 Å². The van der Waals surface area contributed by atoms with E-state index in [1.165, 1.54) is 4.90 Å². The van der Waals surface area contributed by atoms with Crippen molar-refractivity contribution in [3.05, 3.63) is 81.1 Å². The van der Waals surface area contributed by atoms with Gasteiger partial charge < -0.3 is 14.6 Å². The van der Waals surface area contributed by atoms with Crippen molar-refractivity contribution in [2.24, 2.45) is 5.41 Å². The number of carbonyl (C=O) groups is 2. The van der Waals surface area contributed by atoms with Gasteiger partial charge in [0, 0.05) is 66.9 Å². The van der Waals surface area contributed by atoms with Gasteiger partial charge in [-0.25, -0.2) is 9.78 Å². The number of benzene rings is 1. The first kappa shape index (κ1) is 32.0. The highest BCUT2D eigenvalue weighted by Gasteiger charge is 2.60. The molecule has 0 bridgehead atoms. The number of hydrogen-bond donors (Lipinski definition) is 1. The third kappa shape index (κ3) is 6.01. The molecule has 2 aromatic heterocycles. The number of piperidine rings is 1. The normalized spacial score (nSPS) is 24.1. The second-order valence-electron chi connectivity index (χ2n) is 13.7. The van der Waals surface area contributed by atoms with Crippen LogP contribution in [0, 0.1) is 5.41 Å². The topological polar surface area (TPSA) is 94.8 Å². The fraction of sp³-hybridized carbons (Fsp3) is 0.529. The van der Waals surface area contributed by atoms with Gasteiger partial charge in [-0.15, -0.1) is 0 Å². The maximum absolute atomic E-state index is 15.2. The Labute approximate surface area is 278 Å². The first-order chi connectivity index (χ1) is 21.5. The predicted octanol–water partition coefficient (Wildman–Crippen LogP) is 6.43. The number of carboxylic acid groups (broad SMARTS) is 1. The lowest BCUT2D eigenvalue weighted by Crippen LogP contribution is -2.76. The number of halogens is 2. The van der Waals surface area contributed by atoms with E-state index in [0.29, 0.717) is 18.1 Å². The van der Waals surface area contributed by atoms with E-state index in [1.54, 1.807) is 12.5 Å². The third-order valence-electron chi connectivity index (χ3n) is 10.2. The lowest BCUT2D eigenvalue weighted by atomic mass is 9.69. The summed E-state index contributed by atoms with van der Waals surface area (Å²) >= 11 is 10.1. The van der Waals surface area contributed by atoms with Crippen LogP contribution in [0.4, 0.5) is 4.79 Å². The number of aryl methyl sites for hydroxylation is 3. The highest BCUT2D eigenvalue weighted by atomic mass is 79.9. The SMILES string of the molecule is CC(C)(C)[C@]1(C(=O)N2CCCCC2CCn2ccnc2)CN(C2c3ccc(Cl)cc3CCc3cc(Br)cnc32)CCN1C(=O)O. The molecule has 1 aliphatic carbocycles. The number of carbonyl (C=O) groups excluding carboxylic acids is 1. The maximum atomic E-state index is 15.2. The Kier molecular flexibility index (Phi) is 9.02. The summed E-state index contributed by atoms with van der Waals surface area (Å²) in [6, 6.07) is 7.97. The van der Waals surface area contributed by atoms with Crippen LogP contribution in [-0.4, -0.2) is 84.1 Å². The lowest BCUT2D eigenvalue weighted by molar-refractivity contribution is -0.163. The van der Waals surface area contributed by atoms with Crippen molar-refractivity contribution in [2.45, 2.75) is 83.5 Å². The molecule has 0 radical (unpaired) electrons. The molecule has 0 spiro atoms. The maximum Gasteiger partial charge on any atom is 0.408 e. The average Bonchev–Trinajstić information content (AvgIpc) is 3.48. The fourth-order valence-corrected chi connectivity index (χ4v) is 8.38. The summed E-state index contributed by atoms with van der Waals surface area (Å²) in [7, 11) is 0. The largest absolute Gasteiger partial charge is 0.465 e. The molecule has 4 heterocycles. The van der Waals surface area contributed by atoms with E-state index in [1.807, 2.05) is 54.8 Å². The number of pyridine rings is 1. The van der Waals surface area contributed by atoms with Gasteiger partial charge in [-0.05, 0) is 94.8 Å². The van der Waals surface area contributed by atoms with Crippen molar-refractivity contribution in [1.82, 2.24) is 29.2 Å². The summed E-state index contributed by atoms with van der Waals surface area (Å²) < 4.78 is 2.96. The molecule has 9 nitrogen and oxygen atoms in total. The number of hydrogen-bond acceptors (Lipinski definition) is 5. The van der Waals surface area contributed by atoms with E-state index in [4.69, 9.17) is 16.6 Å². The molecule has 11 heteroatoms. The van der Waals surface area contributed by atoms with E-state index in [-0.39, 0.29) is 31.1 Å². The van der Waals surface area contributed by atoms with Gasteiger partial charge in [-0.3, -0.25) is 19.6 Å². The Morgan fingerprint density at radius 1 is 1.11 bits per heavy atom. The van der Waals surface area contributed by atoms with E-state index in [9.17, 15) is 9.90 Å². The van der Waals surface area contributed by atoms with Crippen LogP contribution in [0.15, 0.2) is 53.7 Å². The minimum atomic E-state index is -1.31. The van der Waals surface area contributed by atoms with Gasteiger partial charge in [-0.2, -0.15) is 0 Å². The Morgan fingerprint density at radius 3 is 2.64 bits per heavy atom. The molecular formula is C34H42BrClN6O3. The first-order valence-electron chi connectivity index (χ1n) is 15.9. The summed E-state index contributed by atoms with van der Waals surface area (Å²) in [5.41, 5.74) is 2.36. The zero-order valence-electron chi connectivity index (χ0n) is 26.3. The van der Waals surface area contributed by atoms with Gasteiger partial charge in [0.25, 0.3) is 5.91 Å². The summed E-state index contributed by atoms with van der Waals surface area (Å²) in [5.74, 6) is -0.0913. The molecule has 1 aromatic carbocycles. The second-order valence-corrected chi connectivity index (χ2v) is 15.0. The quantitative estimate of drug-likeness (QED) is 0.330. The third-order valence-corrected chi connectivity index (χ3v) is 10.8. The number of nitrogens with zero attached hydrogens (tertiary/aromatic N) is 6. The predicted molar refractivity (Wildman–Crippen MR) is 177 cm³/mol. The standard InChI is InChI=1S/C34H42BrClN6O3/c1-33(2,3)34(31(43)41-13-5-4-6-27(41)11-14-39-15-12-37-22-39)21-40(16-17-42(34)32(44)45)30-28-10-9-26(36)19-23(28)7-8-24-18-25(35)20-38-29(24)30/h9-10,12,15,18-20,22,27,30H,4-8,11,13-14,16-17,21H2,1-3H3,(H,44,45)/t27?,30?,34-/m1/s1. The minimum Gasteiger partial charge on any atom is -0.465 e. The van der Waals surface area contributed by atoms with Crippen LogP contribution >= 0.6 is 27.5 Å². The molecule has 2 unspecified atom stereocenters. The van der Waals surface area contributed by atoms with Crippen LogP contribution in [-0.2, 0) is 24.2 Å². The molecule has 2 fully saturated rings. The summed E-state index contributed by atoms with van der Waals surface area (Å²) in [4.78, 5) is 43.2. The zero-order valence-corrected chi connectivity index (χ0v) is 28.6. The number of piperazine rings is 1. The number of imidazole rings is 1. The number of rotatable bonds is 5. The van der Waals surface area contributed by atoms with Gasteiger partial charge in [0.1, 0.15) is 5.54 Å². The molecule has 2 saturated heterocycles. The molecule has 45 heavy (non-hydrogen) atoms. The number of likely N-dealkylation sites (tertiary alicyclic amines) is 1. The van der Waals surface area contributed by atoms with Crippen LogP contribution < -0.4 is 0 Å². The number of fused-ring (bicyclic) bond motifs is 2. The van der Waals surface area contributed by atoms with Crippen LogP contribution in [0.3, 0.4) is 0 Å². The minimum absolute atomic E-state index is 0.0272. The summed E-state index contributed by atoms with van der Waals surface area (Å²) in [5, 5.41) is 11.4. The molecule has 2 aliphatic heterocycles. The first-order valence-corrected chi connectivity index (χ1v) is 17.1. The molecule has 3 aliphatic rings. The Balaban J connectivity index is 1.43. The van der Waals surface area contributed by atoms with E-state index in [0.717, 1.165) is 71.9 Å². The van der Waals surface area contributed by atoms with E-state index >= 15 is 4.79 Å². The van der Waals surface area contributed by atoms with E-state index < -0.39 is 17.0 Å². The van der Waals surface area contributed by atoms with Crippen molar-refractivity contribution in [3.63, 3.8) is 0 Å². The fourth-order valence-electron chi connectivity index (χ4n) is 7.81. The Morgan fingerprint density at radius 2 is 1.91 bits per heavy atom. The Hall–Kier alpha value is -2.95. The average molecular weight is 698 g/mol. The van der Waals surface area contributed by atoms with Crippen molar-refractivity contribution in [2.75, 3.05) is 26.2 Å². The van der Waals surface area contributed by atoms with Crippen molar-refractivity contribution >= 4 is 39.5 Å². The van der Waals surface area contributed by atoms with Crippen molar-refractivity contribution in [3.8, 4) is 0 Å². The molecule has 2 amide bonds. The molecule has 3 aromatic rings. The van der Waals surface area contributed by atoms with Crippen molar-refractivity contribution in [1.29, 1.82) is 0 Å². The zero-order chi connectivity index (χ0) is 31.9. The molecular weight excluding hydrogens is 656 g/mol. The van der Waals surface area contributed by atoms with Gasteiger partial charge >= 0.3 is 6.09 Å². The van der Waals surface area contributed by atoms with Crippen LogP contribution in [0.25, 0.3) is 0 Å². The van der Waals surface area contributed by atoms with Gasteiger partial charge in [-0.1, -0.05) is 38.4 Å². The number of amides is 2. The Bertz CT molecular complexity index is 1510. The summed E-state index contributed by atoms with van der Waals surface area (Å²) in [6.45, 7) is 8.38. The lowest BCUT2D eigenvalue weighted by Gasteiger charge is -2.58. The number of aromatic nitrogens is 3. The van der Waals surface area contributed by atoms with E-state index in [2.05, 4.69) is 37.9 Å². The van der Waals surface area contributed by atoms with Crippen LogP contribution in [0.5, 0.6) is 0 Å². The smallest absolute Gasteiger partial charge is 0.408 e. The van der Waals surface area contributed by atoms with Crippen LogP contribution in [0.2, 0.25) is 5.02 Å². The molecule has 0 saturated carbocycles. The van der Waals surface area contributed by atoms with Crippen molar-refractivity contribution < 1.29 is 14.7 Å². The summed E-state index contributed by atoms with van der Waals surface area (Å²) in [6.07, 6.45) is 11.6. The van der Waals surface area contributed by atoms with Gasteiger partial charge in [0.15, 0.2) is 0 Å². The second kappa shape index (κ2) is 12.7. The highest BCUT2D eigenvalue weighted by Crippen LogP contribution is 2.46. The molecule has 3 atom stereocenters. The van der Waals surface area contributed by atoms with Crippen LogP contribution in [0.1, 0.15) is 74.9 Å².